The Bertz CT molecular complexity index is 822. The van der Waals surface area contributed by atoms with E-state index in [2.05, 4.69) is 20.7 Å². The molecule has 4 heterocycles. The quantitative estimate of drug-likeness (QED) is 0.845. The fraction of sp³-hybridized carbons (Fsp3) is 0.632. The number of hydrogen-bond acceptors (Lipinski definition) is 4. The maximum atomic E-state index is 12.2. The Morgan fingerprint density at radius 3 is 2.84 bits per heavy atom. The molecule has 0 saturated carbocycles. The number of aryl methyl sites for hydroxylation is 4. The highest BCUT2D eigenvalue weighted by Crippen LogP contribution is 2.22. The van der Waals surface area contributed by atoms with Gasteiger partial charge in [-0.2, -0.15) is 10.2 Å². The molecular weight excluding hydrogens is 314 g/mol. The average Bonchev–Trinajstić information content (AvgIpc) is 3.18. The van der Waals surface area contributed by atoms with Crippen LogP contribution in [0.5, 0.6) is 0 Å². The Morgan fingerprint density at radius 2 is 1.96 bits per heavy atom. The largest absolute Gasteiger partial charge is 0.297 e. The zero-order chi connectivity index (χ0) is 16.8. The molecule has 1 fully saturated rings. The lowest BCUT2D eigenvalue weighted by Gasteiger charge is -2.38. The van der Waals surface area contributed by atoms with Crippen LogP contribution < -0.4 is 5.56 Å². The van der Waals surface area contributed by atoms with Crippen molar-refractivity contribution >= 4 is 0 Å². The van der Waals surface area contributed by atoms with E-state index in [1.807, 2.05) is 0 Å². The minimum atomic E-state index is 0.0703. The van der Waals surface area contributed by atoms with Gasteiger partial charge in [-0.25, -0.2) is 4.68 Å². The summed E-state index contributed by atoms with van der Waals surface area (Å²) in [5.41, 5.74) is 4.97. The molecule has 1 saturated heterocycles. The lowest BCUT2D eigenvalue weighted by molar-refractivity contribution is 0.0750. The molecular formula is C19H25N5O. The van der Waals surface area contributed by atoms with E-state index in [0.29, 0.717) is 5.92 Å². The highest BCUT2D eigenvalue weighted by atomic mass is 16.1. The number of hydrogen-bond donors (Lipinski definition) is 0. The fourth-order valence-corrected chi connectivity index (χ4v) is 4.52. The van der Waals surface area contributed by atoms with Gasteiger partial charge in [-0.15, -0.1) is 0 Å². The van der Waals surface area contributed by atoms with E-state index in [0.717, 1.165) is 57.7 Å². The summed E-state index contributed by atoms with van der Waals surface area (Å²) in [5, 5.41) is 9.34. The van der Waals surface area contributed by atoms with E-state index in [9.17, 15) is 4.79 Å². The van der Waals surface area contributed by atoms with Gasteiger partial charge in [-0.1, -0.05) is 0 Å². The smallest absolute Gasteiger partial charge is 0.267 e. The summed E-state index contributed by atoms with van der Waals surface area (Å²) in [6.45, 7) is 4.83. The predicted molar refractivity (Wildman–Crippen MR) is 94.5 cm³/mol. The SMILES string of the molecule is O=c1cc2c(nn1CC1CN(Cc3cc4n(n3)CCCC4)C1)CCC2. The molecule has 0 N–H and O–H groups in total. The number of aromatic nitrogens is 4. The Hall–Kier alpha value is -1.95. The minimum absolute atomic E-state index is 0.0703. The molecule has 6 heteroatoms. The third-order valence-electron chi connectivity index (χ3n) is 5.84. The molecule has 0 aromatic carbocycles. The zero-order valence-corrected chi connectivity index (χ0v) is 14.7. The van der Waals surface area contributed by atoms with E-state index >= 15 is 0 Å². The van der Waals surface area contributed by atoms with Crippen LogP contribution in [0, 0.1) is 5.92 Å². The summed E-state index contributed by atoms with van der Waals surface area (Å²) in [7, 11) is 0. The molecule has 0 spiro atoms. The van der Waals surface area contributed by atoms with Crippen LogP contribution >= 0.6 is 0 Å². The molecule has 0 bridgehead atoms. The monoisotopic (exact) mass is 339 g/mol. The van der Waals surface area contributed by atoms with Crippen LogP contribution in [0.4, 0.5) is 0 Å². The van der Waals surface area contributed by atoms with Gasteiger partial charge in [-0.05, 0) is 50.2 Å². The summed E-state index contributed by atoms with van der Waals surface area (Å²) in [6.07, 6.45) is 6.89. The first-order chi connectivity index (χ1) is 12.2. The van der Waals surface area contributed by atoms with E-state index in [1.54, 1.807) is 10.7 Å². The van der Waals surface area contributed by atoms with E-state index in [1.165, 1.54) is 36.2 Å². The van der Waals surface area contributed by atoms with Crippen molar-refractivity contribution in [3.05, 3.63) is 45.1 Å². The highest BCUT2D eigenvalue weighted by Gasteiger charge is 2.29. The minimum Gasteiger partial charge on any atom is -0.297 e. The van der Waals surface area contributed by atoms with Gasteiger partial charge in [0.2, 0.25) is 0 Å². The lowest BCUT2D eigenvalue weighted by atomic mass is 10.00. The number of likely N-dealkylation sites (tertiary alicyclic amines) is 1. The maximum absolute atomic E-state index is 12.2. The summed E-state index contributed by atoms with van der Waals surface area (Å²) < 4.78 is 3.88. The van der Waals surface area contributed by atoms with Crippen LogP contribution in [0.3, 0.4) is 0 Å². The second kappa shape index (κ2) is 6.09. The Balaban J connectivity index is 1.18. The molecule has 1 aliphatic carbocycles. The molecule has 0 amide bonds. The number of nitrogens with zero attached hydrogens (tertiary/aromatic N) is 5. The van der Waals surface area contributed by atoms with Crippen molar-refractivity contribution in [3.63, 3.8) is 0 Å². The molecule has 2 aromatic heterocycles. The third-order valence-corrected chi connectivity index (χ3v) is 5.84. The number of fused-ring (bicyclic) bond motifs is 2. The van der Waals surface area contributed by atoms with Crippen LogP contribution in [-0.4, -0.2) is 37.6 Å². The molecule has 0 radical (unpaired) electrons. The molecule has 25 heavy (non-hydrogen) atoms. The van der Waals surface area contributed by atoms with E-state index < -0.39 is 0 Å². The molecule has 2 aromatic rings. The van der Waals surface area contributed by atoms with Crippen molar-refractivity contribution < 1.29 is 0 Å². The number of rotatable bonds is 4. The van der Waals surface area contributed by atoms with Gasteiger partial charge in [0.05, 0.1) is 17.9 Å². The van der Waals surface area contributed by atoms with Crippen LogP contribution in [0.2, 0.25) is 0 Å². The van der Waals surface area contributed by atoms with Crippen molar-refractivity contribution in [3.8, 4) is 0 Å². The lowest BCUT2D eigenvalue weighted by Crippen LogP contribution is -2.49. The highest BCUT2D eigenvalue weighted by molar-refractivity contribution is 5.22. The van der Waals surface area contributed by atoms with Crippen molar-refractivity contribution in [2.75, 3.05) is 13.1 Å². The summed E-state index contributed by atoms with van der Waals surface area (Å²) in [4.78, 5) is 14.6. The van der Waals surface area contributed by atoms with Gasteiger partial charge in [0.15, 0.2) is 0 Å². The second-order valence-electron chi connectivity index (χ2n) is 7.86. The van der Waals surface area contributed by atoms with Gasteiger partial charge < -0.3 is 0 Å². The van der Waals surface area contributed by atoms with E-state index in [4.69, 9.17) is 5.10 Å². The third kappa shape index (κ3) is 2.92. The van der Waals surface area contributed by atoms with Crippen molar-refractivity contribution in [2.24, 2.45) is 5.92 Å². The van der Waals surface area contributed by atoms with Gasteiger partial charge in [-0.3, -0.25) is 14.4 Å². The molecule has 0 atom stereocenters. The Morgan fingerprint density at radius 1 is 1.04 bits per heavy atom. The van der Waals surface area contributed by atoms with Crippen molar-refractivity contribution in [1.82, 2.24) is 24.5 Å². The van der Waals surface area contributed by atoms with Crippen molar-refractivity contribution in [1.29, 1.82) is 0 Å². The average molecular weight is 339 g/mol. The Kier molecular flexibility index (Phi) is 3.73. The summed E-state index contributed by atoms with van der Waals surface area (Å²) in [6, 6.07) is 4.08. The van der Waals surface area contributed by atoms with E-state index in [-0.39, 0.29) is 5.56 Å². The molecule has 2 aliphatic heterocycles. The van der Waals surface area contributed by atoms with Gasteiger partial charge in [0.1, 0.15) is 0 Å². The van der Waals surface area contributed by atoms with Crippen molar-refractivity contribution in [2.45, 2.75) is 58.2 Å². The first-order valence-corrected chi connectivity index (χ1v) is 9.62. The molecule has 132 valence electrons. The van der Waals surface area contributed by atoms with Gasteiger partial charge in [0.25, 0.3) is 5.56 Å². The first kappa shape index (κ1) is 15.3. The van der Waals surface area contributed by atoms with Crippen LogP contribution in [0.25, 0.3) is 0 Å². The predicted octanol–water partition coefficient (Wildman–Crippen LogP) is 1.40. The molecule has 6 nitrogen and oxygen atoms in total. The van der Waals surface area contributed by atoms with Crippen LogP contribution in [-0.2, 0) is 38.9 Å². The second-order valence-corrected chi connectivity index (χ2v) is 7.86. The standard InChI is InChI=1S/C19H25N5O/c25-19-8-15-4-3-6-18(15)21-24(19)12-14-10-22(11-14)13-16-9-17-5-1-2-7-23(17)20-16/h8-9,14H,1-7,10-13H2. The molecule has 0 unspecified atom stereocenters. The normalized spacial score (nSPS) is 20.3. The summed E-state index contributed by atoms with van der Waals surface area (Å²) in [5.74, 6) is 0.530. The Labute approximate surface area is 147 Å². The molecule has 5 rings (SSSR count). The first-order valence-electron chi connectivity index (χ1n) is 9.62. The van der Waals surface area contributed by atoms with Gasteiger partial charge in [0, 0.05) is 43.9 Å². The maximum Gasteiger partial charge on any atom is 0.267 e. The molecule has 3 aliphatic rings. The van der Waals surface area contributed by atoms with Crippen LogP contribution in [0.15, 0.2) is 16.9 Å². The van der Waals surface area contributed by atoms with Crippen LogP contribution in [0.1, 0.15) is 41.9 Å². The zero-order valence-electron chi connectivity index (χ0n) is 14.7. The topological polar surface area (TPSA) is 56.0 Å². The van der Waals surface area contributed by atoms with Gasteiger partial charge >= 0.3 is 0 Å². The fourth-order valence-electron chi connectivity index (χ4n) is 4.52. The summed E-state index contributed by atoms with van der Waals surface area (Å²) >= 11 is 0.